The molecule has 0 radical (unpaired) electrons. The Labute approximate surface area is 106 Å². The summed E-state index contributed by atoms with van der Waals surface area (Å²) in [6, 6.07) is 5.38. The van der Waals surface area contributed by atoms with Crippen LogP contribution in [-0.2, 0) is 4.79 Å². The van der Waals surface area contributed by atoms with Gasteiger partial charge in [-0.05, 0) is 38.0 Å². The summed E-state index contributed by atoms with van der Waals surface area (Å²) in [6.45, 7) is 1.65. The average Bonchev–Trinajstić information content (AvgIpc) is 3.05. The second kappa shape index (κ2) is 4.94. The SMILES string of the molecule is CC(N)C(=O)Nc1cc(Cl)ccc1NC1CC1. The summed E-state index contributed by atoms with van der Waals surface area (Å²) in [5.41, 5.74) is 7.10. The van der Waals surface area contributed by atoms with E-state index >= 15 is 0 Å². The predicted molar refractivity (Wildman–Crippen MR) is 70.4 cm³/mol. The fourth-order valence-corrected chi connectivity index (χ4v) is 1.61. The highest BCUT2D eigenvalue weighted by Crippen LogP contribution is 2.31. The van der Waals surface area contributed by atoms with Gasteiger partial charge in [-0.3, -0.25) is 4.79 Å². The quantitative estimate of drug-likeness (QED) is 0.771. The largest absolute Gasteiger partial charge is 0.381 e. The molecular weight excluding hydrogens is 238 g/mol. The van der Waals surface area contributed by atoms with Crippen molar-refractivity contribution in [1.82, 2.24) is 0 Å². The monoisotopic (exact) mass is 253 g/mol. The van der Waals surface area contributed by atoms with Gasteiger partial charge in [0.2, 0.25) is 5.91 Å². The molecule has 1 saturated carbocycles. The molecular formula is C12H16ClN3O. The number of hydrogen-bond acceptors (Lipinski definition) is 3. The van der Waals surface area contributed by atoms with Gasteiger partial charge in [0.1, 0.15) is 0 Å². The maximum Gasteiger partial charge on any atom is 0.241 e. The van der Waals surface area contributed by atoms with Crippen LogP contribution < -0.4 is 16.4 Å². The van der Waals surface area contributed by atoms with Crippen LogP contribution in [0.2, 0.25) is 5.02 Å². The molecule has 0 aromatic heterocycles. The van der Waals surface area contributed by atoms with E-state index in [0.717, 1.165) is 5.69 Å². The van der Waals surface area contributed by atoms with Crippen LogP contribution in [-0.4, -0.2) is 18.0 Å². The van der Waals surface area contributed by atoms with Crippen molar-refractivity contribution in [2.45, 2.75) is 31.8 Å². The van der Waals surface area contributed by atoms with Crippen LogP contribution in [0.15, 0.2) is 18.2 Å². The third-order valence-electron chi connectivity index (χ3n) is 2.59. The van der Waals surface area contributed by atoms with Gasteiger partial charge in [0.15, 0.2) is 0 Å². The van der Waals surface area contributed by atoms with Gasteiger partial charge >= 0.3 is 0 Å². The second-order valence-corrected chi connectivity index (χ2v) is 4.82. The first-order valence-corrected chi connectivity index (χ1v) is 6.06. The molecule has 17 heavy (non-hydrogen) atoms. The molecule has 0 aliphatic heterocycles. The van der Waals surface area contributed by atoms with Crippen molar-refractivity contribution >= 4 is 28.9 Å². The summed E-state index contributed by atoms with van der Waals surface area (Å²) in [7, 11) is 0. The van der Waals surface area contributed by atoms with Gasteiger partial charge in [-0.1, -0.05) is 11.6 Å². The van der Waals surface area contributed by atoms with E-state index in [0.29, 0.717) is 16.8 Å². The minimum Gasteiger partial charge on any atom is -0.381 e. The van der Waals surface area contributed by atoms with Gasteiger partial charge < -0.3 is 16.4 Å². The maximum absolute atomic E-state index is 11.6. The highest BCUT2D eigenvalue weighted by molar-refractivity contribution is 6.31. The van der Waals surface area contributed by atoms with Crippen LogP contribution in [0.1, 0.15) is 19.8 Å². The van der Waals surface area contributed by atoms with Gasteiger partial charge in [-0.15, -0.1) is 0 Å². The molecule has 1 aliphatic carbocycles. The van der Waals surface area contributed by atoms with E-state index in [9.17, 15) is 4.79 Å². The van der Waals surface area contributed by atoms with Crippen molar-refractivity contribution < 1.29 is 4.79 Å². The van der Waals surface area contributed by atoms with Gasteiger partial charge in [-0.25, -0.2) is 0 Å². The molecule has 0 spiro atoms. The number of nitrogens with one attached hydrogen (secondary N) is 2. The molecule has 1 unspecified atom stereocenters. The topological polar surface area (TPSA) is 67.2 Å². The van der Waals surface area contributed by atoms with Gasteiger partial charge in [0.05, 0.1) is 17.4 Å². The average molecular weight is 254 g/mol. The van der Waals surface area contributed by atoms with E-state index in [2.05, 4.69) is 10.6 Å². The van der Waals surface area contributed by atoms with Crippen LogP contribution in [0.3, 0.4) is 0 Å². The molecule has 0 heterocycles. The fourth-order valence-electron chi connectivity index (χ4n) is 1.44. The Hall–Kier alpha value is -1.26. The number of halogens is 1. The standard InChI is InChI=1S/C12H16ClN3O/c1-7(14)12(17)16-11-6-8(13)2-5-10(11)15-9-3-4-9/h2,5-7,9,15H,3-4,14H2,1H3,(H,16,17). The summed E-state index contributed by atoms with van der Waals surface area (Å²) >= 11 is 5.92. The lowest BCUT2D eigenvalue weighted by Gasteiger charge is -2.14. The Morgan fingerprint density at radius 3 is 2.76 bits per heavy atom. The molecule has 0 saturated heterocycles. The molecule has 2 rings (SSSR count). The predicted octanol–water partition coefficient (Wildman–Crippen LogP) is 2.20. The summed E-state index contributed by atoms with van der Waals surface area (Å²) in [6.07, 6.45) is 2.34. The smallest absolute Gasteiger partial charge is 0.241 e. The van der Waals surface area contributed by atoms with Crippen molar-refractivity contribution in [3.63, 3.8) is 0 Å². The summed E-state index contributed by atoms with van der Waals surface area (Å²) < 4.78 is 0. The van der Waals surface area contributed by atoms with E-state index in [1.54, 1.807) is 19.1 Å². The molecule has 4 N–H and O–H groups in total. The molecule has 1 aliphatic rings. The summed E-state index contributed by atoms with van der Waals surface area (Å²) in [5.74, 6) is -0.217. The molecule has 92 valence electrons. The highest BCUT2D eigenvalue weighted by Gasteiger charge is 2.22. The molecule has 4 nitrogen and oxygen atoms in total. The number of anilines is 2. The molecule has 1 atom stereocenters. The first-order valence-electron chi connectivity index (χ1n) is 5.69. The van der Waals surface area contributed by atoms with Gasteiger partial charge in [0.25, 0.3) is 0 Å². The second-order valence-electron chi connectivity index (χ2n) is 4.39. The lowest BCUT2D eigenvalue weighted by Crippen LogP contribution is -2.32. The zero-order valence-electron chi connectivity index (χ0n) is 9.66. The normalized spacial score (nSPS) is 16.4. The minimum atomic E-state index is -0.539. The van der Waals surface area contributed by atoms with Crippen molar-refractivity contribution in [1.29, 1.82) is 0 Å². The van der Waals surface area contributed by atoms with E-state index in [1.165, 1.54) is 12.8 Å². The first-order chi connectivity index (χ1) is 8.06. The Balaban J connectivity index is 2.16. The molecule has 1 amide bonds. The minimum absolute atomic E-state index is 0.217. The maximum atomic E-state index is 11.6. The van der Waals surface area contributed by atoms with Crippen LogP contribution in [0.25, 0.3) is 0 Å². The van der Waals surface area contributed by atoms with Crippen LogP contribution in [0.4, 0.5) is 11.4 Å². The first kappa shape index (κ1) is 12.2. The highest BCUT2D eigenvalue weighted by atomic mass is 35.5. The van der Waals surface area contributed by atoms with E-state index in [-0.39, 0.29) is 5.91 Å². The molecule has 1 fully saturated rings. The van der Waals surface area contributed by atoms with Crippen LogP contribution >= 0.6 is 11.6 Å². The third kappa shape index (κ3) is 3.35. The molecule has 0 bridgehead atoms. The Morgan fingerprint density at radius 2 is 2.18 bits per heavy atom. The van der Waals surface area contributed by atoms with Crippen molar-refractivity contribution in [3.05, 3.63) is 23.2 Å². The number of carbonyl (C=O) groups excluding carboxylic acids is 1. The lowest BCUT2D eigenvalue weighted by atomic mass is 10.2. The summed E-state index contributed by atoms with van der Waals surface area (Å²) in [4.78, 5) is 11.6. The number of amides is 1. The molecule has 1 aromatic carbocycles. The van der Waals surface area contributed by atoms with Gasteiger partial charge in [-0.2, -0.15) is 0 Å². The Morgan fingerprint density at radius 1 is 1.47 bits per heavy atom. The fraction of sp³-hybridized carbons (Fsp3) is 0.417. The van der Waals surface area contributed by atoms with Gasteiger partial charge in [0, 0.05) is 11.1 Å². The number of hydrogen-bond donors (Lipinski definition) is 3. The molecule has 1 aromatic rings. The molecule has 5 heteroatoms. The zero-order chi connectivity index (χ0) is 12.4. The third-order valence-corrected chi connectivity index (χ3v) is 2.83. The number of rotatable bonds is 4. The Kier molecular flexibility index (Phi) is 3.54. The van der Waals surface area contributed by atoms with Crippen LogP contribution in [0, 0.1) is 0 Å². The van der Waals surface area contributed by atoms with Crippen molar-refractivity contribution in [2.24, 2.45) is 5.73 Å². The Bertz CT molecular complexity index is 430. The van der Waals surface area contributed by atoms with Crippen molar-refractivity contribution in [3.8, 4) is 0 Å². The number of carbonyl (C=O) groups is 1. The number of benzene rings is 1. The van der Waals surface area contributed by atoms with Crippen molar-refractivity contribution in [2.75, 3.05) is 10.6 Å². The van der Waals surface area contributed by atoms with E-state index in [1.807, 2.05) is 6.07 Å². The van der Waals surface area contributed by atoms with Crippen LogP contribution in [0.5, 0.6) is 0 Å². The summed E-state index contributed by atoms with van der Waals surface area (Å²) in [5, 5.41) is 6.70. The van der Waals surface area contributed by atoms with E-state index in [4.69, 9.17) is 17.3 Å². The van der Waals surface area contributed by atoms with E-state index < -0.39 is 6.04 Å². The lowest BCUT2D eigenvalue weighted by molar-refractivity contribution is -0.117. The zero-order valence-corrected chi connectivity index (χ0v) is 10.4. The number of nitrogens with two attached hydrogens (primary N) is 1.